The predicted octanol–water partition coefficient (Wildman–Crippen LogP) is 4.91. The molecular formula is C20H16O2. The molecule has 0 saturated heterocycles. The van der Waals surface area contributed by atoms with Crippen molar-refractivity contribution in [1.29, 1.82) is 0 Å². The predicted molar refractivity (Wildman–Crippen MR) is 89.4 cm³/mol. The van der Waals surface area contributed by atoms with Gasteiger partial charge in [-0.25, -0.2) is 0 Å². The molecule has 0 aliphatic rings. The normalized spacial score (nSPS) is 10.6. The number of ketones is 2. The molecule has 3 aromatic carbocycles. The molecule has 0 radical (unpaired) electrons. The molecule has 0 fully saturated rings. The van der Waals surface area contributed by atoms with Crippen LogP contribution in [0.4, 0.5) is 0 Å². The highest BCUT2D eigenvalue weighted by molar-refractivity contribution is 6.17. The van der Waals surface area contributed by atoms with E-state index in [1.807, 2.05) is 60.7 Å². The van der Waals surface area contributed by atoms with Gasteiger partial charge in [-0.1, -0.05) is 54.6 Å². The van der Waals surface area contributed by atoms with E-state index in [1.165, 1.54) is 13.8 Å². The average Bonchev–Trinajstić information content (AvgIpc) is 2.53. The van der Waals surface area contributed by atoms with Crippen LogP contribution in [-0.2, 0) is 0 Å². The minimum atomic E-state index is -0.0897. The minimum Gasteiger partial charge on any atom is -0.294 e. The lowest BCUT2D eigenvalue weighted by atomic mass is 9.87. The molecular weight excluding hydrogens is 272 g/mol. The molecule has 0 amide bonds. The van der Waals surface area contributed by atoms with Gasteiger partial charge in [0, 0.05) is 16.7 Å². The molecule has 0 unspecified atom stereocenters. The Morgan fingerprint density at radius 3 is 2.05 bits per heavy atom. The molecule has 0 aliphatic carbocycles. The molecule has 0 atom stereocenters. The summed E-state index contributed by atoms with van der Waals surface area (Å²) in [6.45, 7) is 3.02. The first-order valence-corrected chi connectivity index (χ1v) is 7.22. The summed E-state index contributed by atoms with van der Waals surface area (Å²) in [5.41, 5.74) is 2.80. The monoisotopic (exact) mass is 288 g/mol. The number of carbonyl (C=O) groups excluding carboxylic acids is 2. The second-order valence-corrected chi connectivity index (χ2v) is 5.37. The highest BCUT2D eigenvalue weighted by Gasteiger charge is 2.20. The SMILES string of the molecule is CC(=O)c1cc2ccccc2c(-c2ccccc2)c1C(C)=O. The van der Waals surface area contributed by atoms with E-state index in [2.05, 4.69) is 0 Å². The fraction of sp³-hybridized carbons (Fsp3) is 0.100. The first-order chi connectivity index (χ1) is 10.6. The van der Waals surface area contributed by atoms with Gasteiger partial charge in [0.25, 0.3) is 0 Å². The Kier molecular flexibility index (Phi) is 3.60. The topological polar surface area (TPSA) is 34.1 Å². The first kappa shape index (κ1) is 14.2. The van der Waals surface area contributed by atoms with Gasteiger partial charge in [0.2, 0.25) is 0 Å². The zero-order chi connectivity index (χ0) is 15.7. The number of Topliss-reactive ketones (excluding diaryl/α,β-unsaturated/α-hetero) is 2. The molecule has 0 spiro atoms. The zero-order valence-electron chi connectivity index (χ0n) is 12.6. The maximum atomic E-state index is 12.3. The maximum absolute atomic E-state index is 12.3. The Hall–Kier alpha value is -2.74. The molecule has 3 rings (SSSR count). The van der Waals surface area contributed by atoms with Gasteiger partial charge in [0.1, 0.15) is 0 Å². The van der Waals surface area contributed by atoms with Gasteiger partial charge in [0.05, 0.1) is 0 Å². The van der Waals surface area contributed by atoms with E-state index in [4.69, 9.17) is 0 Å². The van der Waals surface area contributed by atoms with Crippen LogP contribution in [0, 0.1) is 0 Å². The van der Waals surface area contributed by atoms with Gasteiger partial charge < -0.3 is 0 Å². The Morgan fingerprint density at radius 2 is 1.41 bits per heavy atom. The lowest BCUT2D eigenvalue weighted by molar-refractivity contribution is 0.0981. The van der Waals surface area contributed by atoms with E-state index >= 15 is 0 Å². The van der Waals surface area contributed by atoms with Crippen molar-refractivity contribution in [3.63, 3.8) is 0 Å². The third-order valence-corrected chi connectivity index (χ3v) is 3.84. The third kappa shape index (κ3) is 2.33. The number of carbonyl (C=O) groups is 2. The summed E-state index contributed by atoms with van der Waals surface area (Å²) >= 11 is 0. The molecule has 0 heterocycles. The second kappa shape index (κ2) is 5.57. The third-order valence-electron chi connectivity index (χ3n) is 3.84. The highest BCUT2D eigenvalue weighted by atomic mass is 16.1. The lowest BCUT2D eigenvalue weighted by Crippen LogP contribution is -2.07. The standard InChI is InChI=1S/C20H16O2/c1-13(21)18-12-16-10-6-7-11-17(16)20(19(18)14(2)22)15-8-4-3-5-9-15/h3-12H,1-2H3. The van der Waals surface area contributed by atoms with Crippen LogP contribution in [0.25, 0.3) is 21.9 Å². The van der Waals surface area contributed by atoms with Crippen LogP contribution in [0.2, 0.25) is 0 Å². The minimum absolute atomic E-state index is 0.0881. The first-order valence-electron chi connectivity index (χ1n) is 7.22. The van der Waals surface area contributed by atoms with Crippen molar-refractivity contribution in [3.8, 4) is 11.1 Å². The summed E-state index contributed by atoms with van der Waals surface area (Å²) in [7, 11) is 0. The lowest BCUT2D eigenvalue weighted by Gasteiger charge is -2.15. The quantitative estimate of drug-likeness (QED) is 0.641. The number of hydrogen-bond donors (Lipinski definition) is 0. The Morgan fingerprint density at radius 1 is 0.773 bits per heavy atom. The molecule has 108 valence electrons. The van der Waals surface area contributed by atoms with Crippen LogP contribution in [-0.4, -0.2) is 11.6 Å². The van der Waals surface area contributed by atoms with Gasteiger partial charge in [-0.15, -0.1) is 0 Å². The largest absolute Gasteiger partial charge is 0.294 e. The molecule has 0 aliphatic heterocycles. The summed E-state index contributed by atoms with van der Waals surface area (Å²) in [5.74, 6) is -0.178. The van der Waals surface area contributed by atoms with Gasteiger partial charge in [-0.3, -0.25) is 9.59 Å². The van der Waals surface area contributed by atoms with Crippen LogP contribution >= 0.6 is 0 Å². The molecule has 0 N–H and O–H groups in total. The van der Waals surface area contributed by atoms with Crippen molar-refractivity contribution >= 4 is 22.3 Å². The van der Waals surface area contributed by atoms with E-state index in [-0.39, 0.29) is 11.6 Å². The van der Waals surface area contributed by atoms with Gasteiger partial charge in [0.15, 0.2) is 11.6 Å². The van der Waals surface area contributed by atoms with E-state index in [1.54, 1.807) is 0 Å². The van der Waals surface area contributed by atoms with Crippen LogP contribution < -0.4 is 0 Å². The molecule has 0 bridgehead atoms. The second-order valence-electron chi connectivity index (χ2n) is 5.37. The summed E-state index contributed by atoms with van der Waals surface area (Å²) < 4.78 is 0. The molecule has 2 heteroatoms. The van der Waals surface area contributed by atoms with Gasteiger partial charge in [-0.2, -0.15) is 0 Å². The number of hydrogen-bond acceptors (Lipinski definition) is 2. The van der Waals surface area contributed by atoms with E-state index in [0.29, 0.717) is 11.1 Å². The Bertz CT molecular complexity index is 877. The highest BCUT2D eigenvalue weighted by Crippen LogP contribution is 2.35. The summed E-state index contributed by atoms with van der Waals surface area (Å²) in [6.07, 6.45) is 0. The smallest absolute Gasteiger partial charge is 0.161 e. The van der Waals surface area contributed by atoms with E-state index in [9.17, 15) is 9.59 Å². The zero-order valence-corrected chi connectivity index (χ0v) is 12.6. The summed E-state index contributed by atoms with van der Waals surface area (Å²) in [6, 6.07) is 19.4. The van der Waals surface area contributed by atoms with Crippen molar-refractivity contribution in [2.75, 3.05) is 0 Å². The Balaban J connectivity index is 2.53. The van der Waals surface area contributed by atoms with Crippen LogP contribution in [0.1, 0.15) is 34.6 Å². The fourth-order valence-corrected chi connectivity index (χ4v) is 2.90. The fourth-order valence-electron chi connectivity index (χ4n) is 2.90. The van der Waals surface area contributed by atoms with Crippen molar-refractivity contribution in [1.82, 2.24) is 0 Å². The van der Waals surface area contributed by atoms with Crippen molar-refractivity contribution in [2.45, 2.75) is 13.8 Å². The van der Waals surface area contributed by atoms with Crippen molar-refractivity contribution < 1.29 is 9.59 Å². The van der Waals surface area contributed by atoms with E-state index < -0.39 is 0 Å². The molecule has 2 nitrogen and oxygen atoms in total. The van der Waals surface area contributed by atoms with Gasteiger partial charge in [-0.05, 0) is 36.2 Å². The molecule has 22 heavy (non-hydrogen) atoms. The average molecular weight is 288 g/mol. The van der Waals surface area contributed by atoms with Gasteiger partial charge >= 0.3 is 0 Å². The molecule has 3 aromatic rings. The molecule has 0 saturated carbocycles. The Labute approximate surface area is 129 Å². The van der Waals surface area contributed by atoms with Crippen LogP contribution in [0.5, 0.6) is 0 Å². The van der Waals surface area contributed by atoms with Crippen molar-refractivity contribution in [2.24, 2.45) is 0 Å². The number of fused-ring (bicyclic) bond motifs is 1. The number of rotatable bonds is 3. The summed E-state index contributed by atoms with van der Waals surface area (Å²) in [5, 5.41) is 1.96. The molecule has 0 aromatic heterocycles. The maximum Gasteiger partial charge on any atom is 0.161 e. The number of benzene rings is 3. The summed E-state index contributed by atoms with van der Waals surface area (Å²) in [4.78, 5) is 24.3. The van der Waals surface area contributed by atoms with E-state index in [0.717, 1.165) is 21.9 Å². The van der Waals surface area contributed by atoms with Crippen LogP contribution in [0.15, 0.2) is 60.7 Å². The van der Waals surface area contributed by atoms with Crippen LogP contribution in [0.3, 0.4) is 0 Å². The van der Waals surface area contributed by atoms with Crippen molar-refractivity contribution in [3.05, 3.63) is 71.8 Å².